The summed E-state index contributed by atoms with van der Waals surface area (Å²) in [6.45, 7) is 13.7. The number of carbonyl (C=O) groups is 1. The van der Waals surface area contributed by atoms with E-state index in [0.29, 0.717) is 19.0 Å². The summed E-state index contributed by atoms with van der Waals surface area (Å²) in [5.41, 5.74) is 7.77. The van der Waals surface area contributed by atoms with E-state index in [0.717, 1.165) is 31.7 Å². The third-order valence-corrected chi connectivity index (χ3v) is 7.03. The summed E-state index contributed by atoms with van der Waals surface area (Å²) in [5, 5.41) is 9.06. The predicted molar refractivity (Wildman–Crippen MR) is 135 cm³/mol. The van der Waals surface area contributed by atoms with Crippen LogP contribution in [0, 0.1) is 39.5 Å². The molecule has 0 spiro atoms. The van der Waals surface area contributed by atoms with Crippen molar-refractivity contribution in [3.8, 4) is 5.75 Å². The van der Waals surface area contributed by atoms with Gasteiger partial charge in [0.2, 0.25) is 0 Å². The summed E-state index contributed by atoms with van der Waals surface area (Å²) in [4.78, 5) is 13.2. The van der Waals surface area contributed by atoms with E-state index in [-0.39, 0.29) is 5.92 Å². The van der Waals surface area contributed by atoms with E-state index in [1.807, 2.05) is 0 Å². The monoisotopic (exact) mass is 451 g/mol. The molecule has 1 heterocycles. The first kappa shape index (κ1) is 25.3. The molecule has 2 aromatic carbocycles. The average Bonchev–Trinajstić information content (AvgIpc) is 2.71. The number of likely N-dealkylation sites (tertiary alicyclic amines) is 1. The number of rotatable bonds is 12. The van der Waals surface area contributed by atoms with Gasteiger partial charge < -0.3 is 9.84 Å². The molecule has 1 unspecified atom stereocenters. The molecule has 2 aromatic rings. The smallest absolute Gasteiger partial charge is 0.309 e. The molecule has 33 heavy (non-hydrogen) atoms. The topological polar surface area (TPSA) is 49.8 Å². The molecular weight excluding hydrogens is 410 g/mol. The number of carboxylic acid groups (broad SMARTS) is 1. The lowest BCUT2D eigenvalue weighted by Gasteiger charge is -2.36. The van der Waals surface area contributed by atoms with Crippen LogP contribution in [0.4, 0.5) is 0 Å². The highest BCUT2D eigenvalue weighted by Crippen LogP contribution is 2.28. The van der Waals surface area contributed by atoms with Crippen molar-refractivity contribution < 1.29 is 14.6 Å². The van der Waals surface area contributed by atoms with Gasteiger partial charge in [-0.2, -0.15) is 0 Å². The van der Waals surface area contributed by atoms with Gasteiger partial charge in [0.1, 0.15) is 5.75 Å². The molecular formula is C29H41NO3. The summed E-state index contributed by atoms with van der Waals surface area (Å²) in [5.74, 6) is 0.822. The molecule has 3 rings (SSSR count). The van der Waals surface area contributed by atoms with Crippen LogP contribution in [-0.2, 0) is 17.8 Å². The zero-order valence-corrected chi connectivity index (χ0v) is 21.1. The van der Waals surface area contributed by atoms with E-state index in [4.69, 9.17) is 9.84 Å². The number of carboxylic acids is 1. The lowest BCUT2D eigenvalue weighted by atomic mass is 9.90. The summed E-state index contributed by atoms with van der Waals surface area (Å²) in [6, 6.07) is 11.3. The second-order valence-electron chi connectivity index (χ2n) is 10.1. The van der Waals surface area contributed by atoms with Gasteiger partial charge in [-0.25, -0.2) is 0 Å². The van der Waals surface area contributed by atoms with Gasteiger partial charge in [0.05, 0.1) is 12.5 Å². The number of aliphatic carboxylic acids is 1. The summed E-state index contributed by atoms with van der Waals surface area (Å²) >= 11 is 0. The van der Waals surface area contributed by atoms with Crippen molar-refractivity contribution in [3.05, 3.63) is 63.7 Å². The first-order valence-corrected chi connectivity index (χ1v) is 12.5. The summed E-state index contributed by atoms with van der Waals surface area (Å²) in [7, 11) is 0. The van der Waals surface area contributed by atoms with Crippen molar-refractivity contribution in [3.63, 3.8) is 0 Å². The summed E-state index contributed by atoms with van der Waals surface area (Å²) < 4.78 is 6.24. The Kier molecular flexibility index (Phi) is 8.96. The van der Waals surface area contributed by atoms with Gasteiger partial charge in [-0.15, -0.1) is 0 Å². The Labute approximate surface area is 200 Å². The van der Waals surface area contributed by atoms with Gasteiger partial charge >= 0.3 is 5.97 Å². The third-order valence-electron chi connectivity index (χ3n) is 7.03. The first-order chi connectivity index (χ1) is 15.8. The van der Waals surface area contributed by atoms with Crippen LogP contribution < -0.4 is 4.74 Å². The first-order valence-electron chi connectivity index (χ1n) is 12.5. The van der Waals surface area contributed by atoms with Gasteiger partial charge in [0.25, 0.3) is 0 Å². The quantitative estimate of drug-likeness (QED) is 0.387. The molecule has 0 aromatic heterocycles. The van der Waals surface area contributed by atoms with Gasteiger partial charge in [0, 0.05) is 19.6 Å². The van der Waals surface area contributed by atoms with Crippen molar-refractivity contribution in [2.24, 2.45) is 11.8 Å². The fraction of sp³-hybridized carbons (Fsp3) is 0.552. The van der Waals surface area contributed by atoms with Crippen LogP contribution >= 0.6 is 0 Å². The number of ether oxygens (including phenoxy) is 1. The predicted octanol–water partition coefficient (Wildman–Crippen LogP) is 6.25. The molecule has 1 fully saturated rings. The molecule has 1 N–H and O–H groups in total. The standard InChI is InChI=1S/C29H41NO3/c1-6-8-24(16-25-11-10-20(2)21(3)13-25)9-7-12-33-28-22(4)14-26(15-23(28)5)17-30-18-27(19-30)29(31)32/h10-11,13-15,24,27H,6-9,12,16-19H2,1-5H3,(H,31,32). The molecule has 0 aliphatic carbocycles. The zero-order valence-electron chi connectivity index (χ0n) is 21.1. The average molecular weight is 452 g/mol. The SMILES string of the molecule is CCCC(CCCOc1c(C)cc(CN2CC(C(=O)O)C2)cc1C)Cc1ccc(C)c(C)c1. The maximum Gasteiger partial charge on any atom is 0.309 e. The molecule has 1 atom stereocenters. The van der Waals surface area contributed by atoms with Gasteiger partial charge in [-0.1, -0.05) is 50.1 Å². The van der Waals surface area contributed by atoms with E-state index < -0.39 is 5.97 Å². The molecule has 0 amide bonds. The van der Waals surface area contributed by atoms with Crippen molar-refractivity contribution in [2.45, 2.75) is 73.3 Å². The van der Waals surface area contributed by atoms with Crippen LogP contribution in [-0.4, -0.2) is 35.7 Å². The Morgan fingerprint density at radius 3 is 2.27 bits per heavy atom. The van der Waals surface area contributed by atoms with Crippen molar-refractivity contribution >= 4 is 5.97 Å². The molecule has 1 saturated heterocycles. The molecule has 0 radical (unpaired) electrons. The Morgan fingerprint density at radius 2 is 1.67 bits per heavy atom. The number of benzene rings is 2. The highest BCUT2D eigenvalue weighted by Gasteiger charge is 2.32. The highest BCUT2D eigenvalue weighted by atomic mass is 16.5. The van der Waals surface area contributed by atoms with Crippen molar-refractivity contribution in [2.75, 3.05) is 19.7 Å². The van der Waals surface area contributed by atoms with E-state index in [2.05, 4.69) is 69.9 Å². The van der Waals surface area contributed by atoms with Crippen molar-refractivity contribution in [1.29, 1.82) is 0 Å². The lowest BCUT2D eigenvalue weighted by molar-refractivity contribution is -0.147. The Hall–Kier alpha value is -2.33. The number of hydrogen-bond acceptors (Lipinski definition) is 3. The van der Waals surface area contributed by atoms with Crippen LogP contribution in [0.3, 0.4) is 0 Å². The maximum atomic E-state index is 11.0. The number of nitrogens with zero attached hydrogens (tertiary/aromatic N) is 1. The zero-order chi connectivity index (χ0) is 24.0. The highest BCUT2D eigenvalue weighted by molar-refractivity contribution is 5.71. The van der Waals surface area contributed by atoms with Crippen LogP contribution in [0.15, 0.2) is 30.3 Å². The molecule has 0 bridgehead atoms. The fourth-order valence-corrected chi connectivity index (χ4v) is 5.04. The molecule has 1 aliphatic rings. The largest absolute Gasteiger partial charge is 0.493 e. The van der Waals surface area contributed by atoms with Crippen LogP contribution in [0.2, 0.25) is 0 Å². The lowest BCUT2D eigenvalue weighted by Crippen LogP contribution is -2.49. The Morgan fingerprint density at radius 1 is 1.00 bits per heavy atom. The van der Waals surface area contributed by atoms with E-state index in [1.165, 1.54) is 52.6 Å². The van der Waals surface area contributed by atoms with E-state index >= 15 is 0 Å². The van der Waals surface area contributed by atoms with Gasteiger partial charge in [-0.3, -0.25) is 9.69 Å². The Balaban J connectivity index is 1.48. The normalized spacial score (nSPS) is 15.3. The number of hydrogen-bond donors (Lipinski definition) is 1. The Bertz CT molecular complexity index is 923. The van der Waals surface area contributed by atoms with E-state index in [1.54, 1.807) is 0 Å². The molecule has 0 saturated carbocycles. The van der Waals surface area contributed by atoms with Crippen LogP contribution in [0.1, 0.15) is 66.0 Å². The second kappa shape index (κ2) is 11.7. The van der Waals surface area contributed by atoms with E-state index in [9.17, 15) is 4.79 Å². The number of aryl methyl sites for hydroxylation is 4. The second-order valence-corrected chi connectivity index (χ2v) is 10.1. The van der Waals surface area contributed by atoms with Gasteiger partial charge in [-0.05, 0) is 86.3 Å². The summed E-state index contributed by atoms with van der Waals surface area (Å²) in [6.07, 6.45) is 5.90. The minimum Gasteiger partial charge on any atom is -0.493 e. The van der Waals surface area contributed by atoms with Crippen LogP contribution in [0.5, 0.6) is 5.75 Å². The van der Waals surface area contributed by atoms with Gasteiger partial charge in [0.15, 0.2) is 0 Å². The molecule has 4 nitrogen and oxygen atoms in total. The minimum absolute atomic E-state index is 0.207. The molecule has 4 heteroatoms. The minimum atomic E-state index is -0.683. The van der Waals surface area contributed by atoms with Crippen LogP contribution in [0.25, 0.3) is 0 Å². The third kappa shape index (κ3) is 7.07. The fourth-order valence-electron chi connectivity index (χ4n) is 5.04. The molecule has 180 valence electrons. The molecule has 1 aliphatic heterocycles. The van der Waals surface area contributed by atoms with Crippen molar-refractivity contribution in [1.82, 2.24) is 4.90 Å². The maximum absolute atomic E-state index is 11.0.